The van der Waals surface area contributed by atoms with E-state index in [-0.39, 0.29) is 10.9 Å². The van der Waals surface area contributed by atoms with Gasteiger partial charge in [0.2, 0.25) is 0 Å². The van der Waals surface area contributed by atoms with Crippen LogP contribution in [0.15, 0.2) is 60.8 Å². The molecule has 1 amide bonds. The minimum absolute atomic E-state index is 0.0441. The Morgan fingerprint density at radius 3 is 2.83 bits per heavy atom. The average Bonchev–Trinajstić information content (AvgIpc) is 3.10. The third kappa shape index (κ3) is 3.84. The Morgan fingerprint density at radius 1 is 1.17 bits per heavy atom. The van der Waals surface area contributed by atoms with Crippen molar-refractivity contribution in [3.05, 3.63) is 77.2 Å². The fraction of sp³-hybridized carbons (Fsp3) is 0.136. The van der Waals surface area contributed by atoms with Crippen molar-refractivity contribution in [3.8, 4) is 11.4 Å². The second kappa shape index (κ2) is 8.01. The van der Waals surface area contributed by atoms with Crippen LogP contribution in [0.2, 0.25) is 5.02 Å². The molecule has 29 heavy (non-hydrogen) atoms. The molecule has 0 atom stereocenters. The van der Waals surface area contributed by atoms with Crippen LogP contribution in [0, 0.1) is 5.82 Å². The molecule has 0 radical (unpaired) electrons. The van der Waals surface area contributed by atoms with Crippen molar-refractivity contribution < 1.29 is 9.18 Å². The van der Waals surface area contributed by atoms with E-state index in [0.29, 0.717) is 11.3 Å². The summed E-state index contributed by atoms with van der Waals surface area (Å²) in [5.41, 5.74) is 3.34. The highest BCUT2D eigenvalue weighted by Gasteiger charge is 2.15. The highest BCUT2D eigenvalue weighted by atomic mass is 35.5. The molecule has 0 aliphatic rings. The number of carbonyl (C=O) groups is 1. The third-order valence-corrected chi connectivity index (χ3v) is 4.80. The predicted molar refractivity (Wildman–Crippen MR) is 113 cm³/mol. The summed E-state index contributed by atoms with van der Waals surface area (Å²) >= 11 is 5.79. The van der Waals surface area contributed by atoms with Gasteiger partial charge in [-0.25, -0.2) is 14.4 Å². The van der Waals surface area contributed by atoms with Gasteiger partial charge in [0.1, 0.15) is 17.2 Å². The van der Waals surface area contributed by atoms with Gasteiger partial charge in [-0.1, -0.05) is 30.7 Å². The summed E-state index contributed by atoms with van der Waals surface area (Å²) in [4.78, 5) is 21.9. The van der Waals surface area contributed by atoms with Crippen LogP contribution in [-0.4, -0.2) is 20.4 Å². The molecule has 0 aliphatic carbocycles. The molecule has 0 bridgehead atoms. The van der Waals surface area contributed by atoms with Crippen LogP contribution in [0.25, 0.3) is 22.6 Å². The lowest BCUT2D eigenvalue weighted by Crippen LogP contribution is -2.12. The van der Waals surface area contributed by atoms with Crippen LogP contribution >= 0.6 is 11.6 Å². The van der Waals surface area contributed by atoms with E-state index in [2.05, 4.69) is 21.8 Å². The number of hydrogen-bond donors (Lipinski definition) is 1. The van der Waals surface area contributed by atoms with Crippen molar-refractivity contribution in [2.75, 3.05) is 5.32 Å². The number of aromatic nitrogens is 3. The second-order valence-corrected chi connectivity index (χ2v) is 7.00. The summed E-state index contributed by atoms with van der Waals surface area (Å²) in [6.45, 7) is 2.86. The van der Waals surface area contributed by atoms with Crippen molar-refractivity contribution in [1.29, 1.82) is 0 Å². The Hall–Kier alpha value is -3.25. The second-order valence-electron chi connectivity index (χ2n) is 6.60. The van der Waals surface area contributed by atoms with Crippen LogP contribution in [-0.2, 0) is 6.54 Å². The molecule has 0 unspecified atom stereocenters. The van der Waals surface area contributed by atoms with Crippen molar-refractivity contribution in [3.63, 3.8) is 0 Å². The van der Waals surface area contributed by atoms with Gasteiger partial charge in [0, 0.05) is 29.6 Å². The maximum atomic E-state index is 13.3. The zero-order valence-electron chi connectivity index (χ0n) is 15.7. The molecule has 4 rings (SSSR count). The molecule has 2 heterocycles. The molecule has 2 aromatic heterocycles. The molecule has 0 saturated carbocycles. The fourth-order valence-corrected chi connectivity index (χ4v) is 3.37. The normalized spacial score (nSPS) is 11.0. The van der Waals surface area contributed by atoms with Crippen molar-refractivity contribution in [1.82, 2.24) is 14.5 Å². The van der Waals surface area contributed by atoms with Gasteiger partial charge in [0.05, 0.1) is 5.02 Å². The number of rotatable bonds is 5. The molecule has 5 nitrogen and oxygen atoms in total. The smallest absolute Gasteiger partial charge is 0.255 e. The minimum atomic E-state index is -0.532. The maximum absolute atomic E-state index is 13.3. The van der Waals surface area contributed by atoms with Crippen LogP contribution in [0.3, 0.4) is 0 Å². The van der Waals surface area contributed by atoms with E-state index in [9.17, 15) is 9.18 Å². The summed E-state index contributed by atoms with van der Waals surface area (Å²) in [6, 6.07) is 15.1. The van der Waals surface area contributed by atoms with E-state index in [1.165, 1.54) is 18.2 Å². The molecular formula is C22H18ClFN4O. The van der Waals surface area contributed by atoms with E-state index in [1.54, 1.807) is 18.3 Å². The van der Waals surface area contributed by atoms with E-state index < -0.39 is 5.82 Å². The number of anilines is 1. The number of halogens is 2. The summed E-state index contributed by atoms with van der Waals surface area (Å²) in [5.74, 6) is -0.0825. The minimum Gasteiger partial charge on any atom is -0.322 e. The van der Waals surface area contributed by atoms with Gasteiger partial charge in [0.25, 0.3) is 5.91 Å². The number of nitrogens with one attached hydrogen (secondary N) is 1. The Balaban J connectivity index is 1.68. The Kier molecular flexibility index (Phi) is 5.27. The summed E-state index contributed by atoms with van der Waals surface area (Å²) in [7, 11) is 0. The predicted octanol–water partition coefficient (Wildman–Crippen LogP) is 5.55. The first-order chi connectivity index (χ1) is 14.1. The van der Waals surface area contributed by atoms with Gasteiger partial charge in [0.15, 0.2) is 5.65 Å². The Bertz CT molecular complexity index is 1200. The van der Waals surface area contributed by atoms with Crippen LogP contribution < -0.4 is 5.32 Å². The zero-order chi connectivity index (χ0) is 20.4. The van der Waals surface area contributed by atoms with E-state index >= 15 is 0 Å². The first kappa shape index (κ1) is 19.1. The van der Waals surface area contributed by atoms with Gasteiger partial charge in [-0.15, -0.1) is 0 Å². The highest BCUT2D eigenvalue weighted by molar-refractivity contribution is 6.31. The van der Waals surface area contributed by atoms with E-state index in [0.717, 1.165) is 35.5 Å². The summed E-state index contributed by atoms with van der Waals surface area (Å²) in [6.07, 6.45) is 2.68. The number of carbonyl (C=O) groups excluding carboxylic acids is 1. The topological polar surface area (TPSA) is 59.8 Å². The molecular weight excluding hydrogens is 391 g/mol. The number of hydrogen-bond acceptors (Lipinski definition) is 3. The average molecular weight is 409 g/mol. The monoisotopic (exact) mass is 408 g/mol. The summed E-state index contributed by atoms with van der Waals surface area (Å²) < 4.78 is 15.4. The molecule has 0 aliphatic heterocycles. The van der Waals surface area contributed by atoms with E-state index in [4.69, 9.17) is 16.6 Å². The lowest BCUT2D eigenvalue weighted by Gasteiger charge is -2.09. The Labute approximate surface area is 172 Å². The molecule has 0 saturated heterocycles. The lowest BCUT2D eigenvalue weighted by molar-refractivity contribution is 0.102. The van der Waals surface area contributed by atoms with Gasteiger partial charge in [-0.05, 0) is 48.9 Å². The van der Waals surface area contributed by atoms with Crippen molar-refractivity contribution in [2.24, 2.45) is 0 Å². The molecule has 0 fully saturated rings. The molecule has 4 aromatic rings. The molecule has 1 N–H and O–H groups in total. The number of pyridine rings is 1. The van der Waals surface area contributed by atoms with Gasteiger partial charge in [-0.2, -0.15) is 0 Å². The van der Waals surface area contributed by atoms with Gasteiger partial charge in [-0.3, -0.25) is 4.79 Å². The molecule has 146 valence electrons. The quantitative estimate of drug-likeness (QED) is 0.470. The van der Waals surface area contributed by atoms with Gasteiger partial charge < -0.3 is 9.88 Å². The van der Waals surface area contributed by atoms with Crippen molar-refractivity contribution in [2.45, 2.75) is 19.9 Å². The maximum Gasteiger partial charge on any atom is 0.255 e. The molecule has 0 spiro atoms. The molecule has 7 heteroatoms. The Morgan fingerprint density at radius 2 is 2.03 bits per heavy atom. The van der Waals surface area contributed by atoms with Crippen LogP contribution in [0.5, 0.6) is 0 Å². The van der Waals surface area contributed by atoms with Crippen LogP contribution in [0.1, 0.15) is 23.7 Å². The SMILES string of the molecule is CCCn1c(-c2cccc(C(=O)Nc3ccc(F)c(Cl)c3)c2)nc2cccnc21. The number of fused-ring (bicyclic) bond motifs is 1. The number of aryl methyl sites for hydroxylation is 1. The standard InChI is InChI=1S/C22H18ClFN4O/c1-2-11-28-20(27-19-7-4-10-25-21(19)28)14-5-3-6-15(12-14)22(29)26-16-8-9-18(24)17(23)13-16/h3-10,12-13H,2,11H2,1H3,(H,26,29). The van der Waals surface area contributed by atoms with Crippen molar-refractivity contribution >= 4 is 34.4 Å². The zero-order valence-corrected chi connectivity index (χ0v) is 16.4. The number of imidazole rings is 1. The molecule has 2 aromatic carbocycles. The summed E-state index contributed by atoms with van der Waals surface area (Å²) in [5, 5.41) is 2.70. The fourth-order valence-electron chi connectivity index (χ4n) is 3.19. The lowest BCUT2D eigenvalue weighted by atomic mass is 10.1. The third-order valence-electron chi connectivity index (χ3n) is 4.51. The van der Waals surface area contributed by atoms with E-state index in [1.807, 2.05) is 24.3 Å². The number of nitrogens with zero attached hydrogens (tertiary/aromatic N) is 3. The van der Waals surface area contributed by atoms with Crippen LogP contribution in [0.4, 0.5) is 10.1 Å². The first-order valence-electron chi connectivity index (χ1n) is 9.25. The first-order valence-corrected chi connectivity index (χ1v) is 9.62. The highest BCUT2D eigenvalue weighted by Crippen LogP contribution is 2.25. The number of benzene rings is 2. The largest absolute Gasteiger partial charge is 0.322 e. The van der Waals surface area contributed by atoms with Gasteiger partial charge >= 0.3 is 0 Å². The number of amides is 1.